The van der Waals surface area contributed by atoms with E-state index in [0.717, 1.165) is 22.3 Å². The second-order valence-electron chi connectivity index (χ2n) is 9.00. The van der Waals surface area contributed by atoms with Crippen molar-refractivity contribution in [2.45, 2.75) is 43.9 Å². The molecule has 0 fully saturated rings. The largest absolute Gasteiger partial charge is 0.383 e. The molecular formula is C29H32N4O5. The van der Waals surface area contributed by atoms with E-state index in [1.54, 1.807) is 0 Å². The quantitative estimate of drug-likeness (QED) is 0.230. The molecule has 9 heteroatoms. The van der Waals surface area contributed by atoms with Crippen LogP contribution in [0, 0.1) is 0 Å². The van der Waals surface area contributed by atoms with Crippen molar-refractivity contribution in [2.24, 2.45) is 11.5 Å². The SMILES string of the molecule is NC(=O)[C@H](O)CC(=O)N[C@H](CCc1ccccc1)C(=O)N[C@@H](Cc1ccc(-c2ccccc2)cc1)C(N)=O. The van der Waals surface area contributed by atoms with Crippen LogP contribution in [0.2, 0.25) is 0 Å². The molecule has 0 heterocycles. The number of primary amides is 2. The van der Waals surface area contributed by atoms with Crippen LogP contribution in [0.3, 0.4) is 0 Å². The molecule has 3 aromatic rings. The number of nitrogens with one attached hydrogen (secondary N) is 2. The minimum Gasteiger partial charge on any atom is -0.383 e. The minimum absolute atomic E-state index is 0.163. The minimum atomic E-state index is -1.68. The highest BCUT2D eigenvalue weighted by atomic mass is 16.3. The van der Waals surface area contributed by atoms with Gasteiger partial charge in [0, 0.05) is 6.42 Å². The van der Waals surface area contributed by atoms with E-state index in [-0.39, 0.29) is 12.8 Å². The lowest BCUT2D eigenvalue weighted by Crippen LogP contribution is -2.54. The van der Waals surface area contributed by atoms with Crippen LogP contribution < -0.4 is 22.1 Å². The molecule has 0 radical (unpaired) electrons. The molecular weight excluding hydrogens is 484 g/mol. The number of hydrogen-bond acceptors (Lipinski definition) is 5. The predicted molar refractivity (Wildman–Crippen MR) is 143 cm³/mol. The number of amides is 4. The van der Waals surface area contributed by atoms with E-state index in [4.69, 9.17) is 11.5 Å². The molecule has 0 saturated carbocycles. The maximum atomic E-state index is 13.2. The smallest absolute Gasteiger partial charge is 0.246 e. The number of hydrogen-bond donors (Lipinski definition) is 5. The van der Waals surface area contributed by atoms with Crippen molar-refractivity contribution in [3.63, 3.8) is 0 Å². The van der Waals surface area contributed by atoms with E-state index in [2.05, 4.69) is 10.6 Å². The van der Waals surface area contributed by atoms with Crippen molar-refractivity contribution in [2.75, 3.05) is 0 Å². The lowest BCUT2D eigenvalue weighted by atomic mass is 9.99. The van der Waals surface area contributed by atoms with Gasteiger partial charge < -0.3 is 27.2 Å². The van der Waals surface area contributed by atoms with Gasteiger partial charge >= 0.3 is 0 Å². The first-order chi connectivity index (χ1) is 18.2. The number of rotatable bonds is 13. The van der Waals surface area contributed by atoms with Crippen LogP contribution in [0.4, 0.5) is 0 Å². The molecule has 0 aliphatic heterocycles. The second-order valence-corrected chi connectivity index (χ2v) is 9.00. The second kappa shape index (κ2) is 13.7. The Balaban J connectivity index is 1.69. The van der Waals surface area contributed by atoms with Gasteiger partial charge in [0.1, 0.15) is 18.2 Å². The van der Waals surface area contributed by atoms with Gasteiger partial charge in [-0.15, -0.1) is 0 Å². The summed E-state index contributed by atoms with van der Waals surface area (Å²) in [6, 6.07) is 24.7. The summed E-state index contributed by atoms with van der Waals surface area (Å²) in [5.41, 5.74) is 14.4. The molecule has 0 aliphatic rings. The van der Waals surface area contributed by atoms with E-state index in [1.165, 1.54) is 0 Å². The molecule has 4 amide bonds. The molecule has 3 rings (SSSR count). The Morgan fingerprint density at radius 3 is 1.84 bits per heavy atom. The van der Waals surface area contributed by atoms with Crippen LogP contribution >= 0.6 is 0 Å². The van der Waals surface area contributed by atoms with Gasteiger partial charge in [-0.1, -0.05) is 84.9 Å². The van der Waals surface area contributed by atoms with Crippen molar-refractivity contribution in [3.05, 3.63) is 96.1 Å². The summed E-state index contributed by atoms with van der Waals surface area (Å²) < 4.78 is 0. The van der Waals surface area contributed by atoms with Crippen LogP contribution in [0.5, 0.6) is 0 Å². The Morgan fingerprint density at radius 1 is 0.684 bits per heavy atom. The molecule has 0 aromatic heterocycles. The summed E-state index contributed by atoms with van der Waals surface area (Å²) in [6.07, 6.45) is -1.43. The zero-order chi connectivity index (χ0) is 27.5. The van der Waals surface area contributed by atoms with Crippen molar-refractivity contribution >= 4 is 23.6 Å². The topological polar surface area (TPSA) is 165 Å². The highest BCUT2D eigenvalue weighted by molar-refractivity contribution is 5.93. The molecule has 198 valence electrons. The summed E-state index contributed by atoms with van der Waals surface area (Å²) in [7, 11) is 0. The fraction of sp³-hybridized carbons (Fsp3) is 0.241. The number of benzene rings is 3. The highest BCUT2D eigenvalue weighted by Crippen LogP contribution is 2.20. The van der Waals surface area contributed by atoms with E-state index < -0.39 is 48.2 Å². The Kier molecular flexibility index (Phi) is 10.1. The third kappa shape index (κ3) is 8.56. The highest BCUT2D eigenvalue weighted by Gasteiger charge is 2.27. The first-order valence-electron chi connectivity index (χ1n) is 12.3. The van der Waals surface area contributed by atoms with Gasteiger partial charge in [0.2, 0.25) is 23.6 Å². The van der Waals surface area contributed by atoms with Crippen molar-refractivity contribution in [3.8, 4) is 11.1 Å². The van der Waals surface area contributed by atoms with Crippen LogP contribution in [0.15, 0.2) is 84.9 Å². The summed E-state index contributed by atoms with van der Waals surface area (Å²) in [6.45, 7) is 0. The zero-order valence-electron chi connectivity index (χ0n) is 20.9. The maximum Gasteiger partial charge on any atom is 0.246 e. The van der Waals surface area contributed by atoms with Crippen molar-refractivity contribution < 1.29 is 24.3 Å². The molecule has 38 heavy (non-hydrogen) atoms. The zero-order valence-corrected chi connectivity index (χ0v) is 20.9. The number of aryl methyl sites for hydroxylation is 1. The Bertz CT molecular complexity index is 1230. The van der Waals surface area contributed by atoms with Crippen molar-refractivity contribution in [1.29, 1.82) is 0 Å². The average Bonchev–Trinajstić information content (AvgIpc) is 2.91. The van der Waals surface area contributed by atoms with Crippen LogP contribution in [-0.2, 0) is 32.0 Å². The van der Waals surface area contributed by atoms with Gasteiger partial charge in [0.05, 0.1) is 6.42 Å². The Hall–Kier alpha value is -4.50. The van der Waals surface area contributed by atoms with Crippen LogP contribution in [0.1, 0.15) is 24.0 Å². The van der Waals surface area contributed by atoms with E-state index in [9.17, 15) is 24.3 Å². The molecule has 3 aromatic carbocycles. The lowest BCUT2D eigenvalue weighted by molar-refractivity contribution is -0.134. The number of aliphatic hydroxyl groups is 1. The van der Waals surface area contributed by atoms with Gasteiger partial charge in [-0.25, -0.2) is 0 Å². The fourth-order valence-electron chi connectivity index (χ4n) is 3.95. The number of aliphatic hydroxyl groups excluding tert-OH is 1. The monoisotopic (exact) mass is 516 g/mol. The van der Waals surface area contributed by atoms with Gasteiger partial charge in [0.25, 0.3) is 0 Å². The Morgan fingerprint density at radius 2 is 1.26 bits per heavy atom. The molecule has 3 atom stereocenters. The number of carbonyl (C=O) groups is 4. The molecule has 0 unspecified atom stereocenters. The first kappa shape index (κ1) is 28.1. The van der Waals surface area contributed by atoms with Gasteiger partial charge in [-0.05, 0) is 35.1 Å². The molecule has 9 nitrogen and oxygen atoms in total. The van der Waals surface area contributed by atoms with Gasteiger partial charge in [-0.3, -0.25) is 19.2 Å². The average molecular weight is 517 g/mol. The van der Waals surface area contributed by atoms with Crippen LogP contribution in [0.25, 0.3) is 11.1 Å². The molecule has 7 N–H and O–H groups in total. The third-order valence-electron chi connectivity index (χ3n) is 6.08. The van der Waals surface area contributed by atoms with E-state index in [1.807, 2.05) is 84.9 Å². The predicted octanol–water partition coefficient (Wildman–Crippen LogP) is 1.22. The molecule has 0 saturated heterocycles. The summed E-state index contributed by atoms with van der Waals surface area (Å²) >= 11 is 0. The molecule has 0 aliphatic carbocycles. The standard InChI is InChI=1S/C29H32N4O5/c30-27(36)24(17-20-11-14-22(15-12-20)21-9-5-2-6-10-21)33-29(38)23(16-13-19-7-3-1-4-8-19)32-26(35)18-25(34)28(31)37/h1-12,14-15,23-25,34H,13,16-18H2,(H2,30,36)(H2,31,37)(H,32,35)(H,33,38)/t23-,24+,25-/m1/s1. The summed E-state index contributed by atoms with van der Waals surface area (Å²) in [4.78, 5) is 48.9. The third-order valence-corrected chi connectivity index (χ3v) is 6.08. The fourth-order valence-corrected chi connectivity index (χ4v) is 3.95. The van der Waals surface area contributed by atoms with Crippen LogP contribution in [-0.4, -0.2) is 46.9 Å². The van der Waals surface area contributed by atoms with E-state index >= 15 is 0 Å². The lowest BCUT2D eigenvalue weighted by Gasteiger charge is -2.22. The summed E-state index contributed by atoms with van der Waals surface area (Å²) in [5.74, 6) is -3.09. The van der Waals surface area contributed by atoms with Gasteiger partial charge in [-0.2, -0.15) is 0 Å². The maximum absolute atomic E-state index is 13.2. The Labute approximate surface area is 221 Å². The normalized spacial score (nSPS) is 13.1. The first-order valence-corrected chi connectivity index (χ1v) is 12.3. The van der Waals surface area contributed by atoms with E-state index in [0.29, 0.717) is 6.42 Å². The number of carbonyl (C=O) groups excluding carboxylic acids is 4. The summed E-state index contributed by atoms with van der Waals surface area (Å²) in [5, 5.41) is 14.8. The van der Waals surface area contributed by atoms with Crippen molar-refractivity contribution in [1.82, 2.24) is 10.6 Å². The van der Waals surface area contributed by atoms with Gasteiger partial charge in [0.15, 0.2) is 0 Å². The molecule has 0 bridgehead atoms. The number of nitrogens with two attached hydrogens (primary N) is 2. The molecule has 0 spiro atoms.